The third-order valence-corrected chi connectivity index (χ3v) is 3.98. The number of ether oxygens (including phenoxy) is 1. The molecule has 2 N–H and O–H groups in total. The van der Waals surface area contributed by atoms with E-state index < -0.39 is 0 Å². The number of aryl methyl sites for hydroxylation is 2. The van der Waals surface area contributed by atoms with Crippen molar-refractivity contribution >= 4 is 28.7 Å². The zero-order chi connectivity index (χ0) is 18.2. The molecule has 0 atom stereocenters. The van der Waals surface area contributed by atoms with Crippen molar-refractivity contribution in [1.82, 2.24) is 5.43 Å². The normalized spacial score (nSPS) is 11.1. The largest absolute Gasteiger partial charge is 0.494 e. The van der Waals surface area contributed by atoms with Crippen LogP contribution in [0.2, 0.25) is 0 Å². The summed E-state index contributed by atoms with van der Waals surface area (Å²) >= 11 is 5.34. The Morgan fingerprint density at radius 3 is 2.32 bits per heavy atom. The molecule has 25 heavy (non-hydrogen) atoms. The molecule has 0 saturated heterocycles. The predicted molar refractivity (Wildman–Crippen MR) is 110 cm³/mol. The second kappa shape index (κ2) is 9.18. The molecule has 0 bridgehead atoms. The number of anilines is 1. The van der Waals surface area contributed by atoms with Crippen LogP contribution in [0.25, 0.3) is 0 Å². The quantitative estimate of drug-likeness (QED) is 0.444. The van der Waals surface area contributed by atoms with E-state index >= 15 is 0 Å². The Hall–Kier alpha value is -2.40. The summed E-state index contributed by atoms with van der Waals surface area (Å²) in [6.07, 6.45) is 0.997. The second-order valence-electron chi connectivity index (χ2n) is 5.90. The van der Waals surface area contributed by atoms with Crippen molar-refractivity contribution in [2.45, 2.75) is 34.1 Å². The highest BCUT2D eigenvalue weighted by Gasteiger charge is 2.04. The van der Waals surface area contributed by atoms with Gasteiger partial charge in [0.1, 0.15) is 5.75 Å². The number of nitrogens with one attached hydrogen (secondary N) is 2. The Balaban J connectivity index is 1.97. The summed E-state index contributed by atoms with van der Waals surface area (Å²) in [5, 5.41) is 8.05. The number of benzene rings is 2. The third kappa shape index (κ3) is 5.57. The van der Waals surface area contributed by atoms with E-state index in [0.717, 1.165) is 46.9 Å². The maximum absolute atomic E-state index is 5.59. The summed E-state index contributed by atoms with van der Waals surface area (Å²) in [6, 6.07) is 14.0. The van der Waals surface area contributed by atoms with Gasteiger partial charge < -0.3 is 10.1 Å². The predicted octanol–water partition coefficient (Wildman–Crippen LogP) is 4.80. The summed E-state index contributed by atoms with van der Waals surface area (Å²) < 4.78 is 5.59. The molecule has 0 heterocycles. The van der Waals surface area contributed by atoms with Gasteiger partial charge >= 0.3 is 0 Å². The van der Waals surface area contributed by atoms with Gasteiger partial charge in [-0.1, -0.05) is 25.1 Å². The van der Waals surface area contributed by atoms with Gasteiger partial charge in [-0.3, -0.25) is 5.43 Å². The average molecular weight is 356 g/mol. The van der Waals surface area contributed by atoms with E-state index in [-0.39, 0.29) is 0 Å². The van der Waals surface area contributed by atoms with E-state index in [0.29, 0.717) is 5.11 Å². The first kappa shape index (κ1) is 18.9. The van der Waals surface area contributed by atoms with E-state index in [1.54, 1.807) is 0 Å². The molecule has 0 radical (unpaired) electrons. The zero-order valence-corrected chi connectivity index (χ0v) is 16.0. The van der Waals surface area contributed by atoms with Crippen LogP contribution < -0.4 is 15.5 Å². The lowest BCUT2D eigenvalue weighted by Gasteiger charge is -2.13. The smallest absolute Gasteiger partial charge is 0.191 e. The van der Waals surface area contributed by atoms with E-state index in [2.05, 4.69) is 48.7 Å². The molecule has 0 unspecified atom stereocenters. The molecule has 0 spiro atoms. The van der Waals surface area contributed by atoms with E-state index in [9.17, 15) is 0 Å². The lowest BCUT2D eigenvalue weighted by Crippen LogP contribution is -2.25. The number of hydrazone groups is 1. The Morgan fingerprint density at radius 1 is 1.08 bits per heavy atom. The summed E-state index contributed by atoms with van der Waals surface area (Å²) in [7, 11) is 0. The van der Waals surface area contributed by atoms with Crippen molar-refractivity contribution in [3.8, 4) is 5.75 Å². The number of para-hydroxylation sites is 1. The number of hydrogen-bond donors (Lipinski definition) is 2. The Bertz CT molecular complexity index is 734. The fourth-order valence-electron chi connectivity index (χ4n) is 2.36. The molecule has 2 aromatic rings. The first-order valence-electron chi connectivity index (χ1n) is 8.42. The number of thiocarbonyl (C=S) groups is 1. The molecule has 0 saturated carbocycles. The molecule has 0 amide bonds. The lowest BCUT2D eigenvalue weighted by molar-refractivity contribution is 0.317. The van der Waals surface area contributed by atoms with Crippen molar-refractivity contribution in [1.29, 1.82) is 0 Å². The Labute approximate surface area is 155 Å². The molecule has 132 valence electrons. The molecule has 0 aliphatic heterocycles. The van der Waals surface area contributed by atoms with Crippen molar-refractivity contribution in [2.75, 3.05) is 11.9 Å². The molecule has 5 heteroatoms. The van der Waals surface area contributed by atoms with Crippen LogP contribution in [0, 0.1) is 13.8 Å². The number of hydrogen-bond acceptors (Lipinski definition) is 3. The van der Waals surface area contributed by atoms with Crippen LogP contribution in [0.5, 0.6) is 5.75 Å². The zero-order valence-electron chi connectivity index (χ0n) is 15.2. The van der Waals surface area contributed by atoms with Gasteiger partial charge in [0.2, 0.25) is 0 Å². The highest BCUT2D eigenvalue weighted by Crippen LogP contribution is 2.19. The monoisotopic (exact) mass is 355 g/mol. The topological polar surface area (TPSA) is 45.6 Å². The fourth-order valence-corrected chi connectivity index (χ4v) is 2.51. The van der Waals surface area contributed by atoms with Crippen molar-refractivity contribution in [2.24, 2.45) is 5.10 Å². The SMILES string of the molecule is CCCOc1ccc(/C(C)=N\NC(=S)Nc2c(C)cccc2C)cc1. The maximum atomic E-state index is 5.59. The molecule has 2 aromatic carbocycles. The minimum absolute atomic E-state index is 0.472. The lowest BCUT2D eigenvalue weighted by atomic mass is 10.1. The van der Waals surface area contributed by atoms with Crippen LogP contribution in [-0.4, -0.2) is 17.4 Å². The van der Waals surface area contributed by atoms with Crippen molar-refractivity contribution < 1.29 is 4.74 Å². The molecule has 4 nitrogen and oxygen atoms in total. The van der Waals surface area contributed by atoms with E-state index in [1.807, 2.05) is 37.3 Å². The van der Waals surface area contributed by atoms with Crippen LogP contribution in [0.15, 0.2) is 47.6 Å². The first-order chi connectivity index (χ1) is 12.0. The van der Waals surface area contributed by atoms with Gasteiger partial charge in [0.05, 0.1) is 12.3 Å². The third-order valence-electron chi connectivity index (χ3n) is 3.79. The van der Waals surface area contributed by atoms with Crippen molar-refractivity contribution in [3.63, 3.8) is 0 Å². The minimum atomic E-state index is 0.472. The molecule has 0 aliphatic carbocycles. The van der Waals surface area contributed by atoms with Gasteiger partial charge in [-0.2, -0.15) is 5.10 Å². The van der Waals surface area contributed by atoms with Gasteiger partial charge in [-0.05, 0) is 80.4 Å². The number of rotatable bonds is 6. The summed E-state index contributed by atoms with van der Waals surface area (Å²) in [6.45, 7) is 8.86. The van der Waals surface area contributed by atoms with E-state index in [1.165, 1.54) is 0 Å². The van der Waals surface area contributed by atoms with Crippen LogP contribution >= 0.6 is 12.2 Å². The Morgan fingerprint density at radius 2 is 1.72 bits per heavy atom. The van der Waals surface area contributed by atoms with Crippen LogP contribution in [0.3, 0.4) is 0 Å². The average Bonchev–Trinajstić information content (AvgIpc) is 2.61. The summed E-state index contributed by atoms with van der Waals surface area (Å²) in [5.74, 6) is 0.874. The Kier molecular flexibility index (Phi) is 6.95. The van der Waals surface area contributed by atoms with Gasteiger partial charge in [0.25, 0.3) is 0 Å². The standard InChI is InChI=1S/C20H25N3OS/c1-5-13-24-18-11-9-17(10-12-18)16(4)22-23-20(25)21-19-14(2)7-6-8-15(19)3/h6-12H,5,13H2,1-4H3,(H2,21,23,25)/b22-16-. The van der Waals surface area contributed by atoms with Crippen LogP contribution in [-0.2, 0) is 0 Å². The first-order valence-corrected chi connectivity index (χ1v) is 8.82. The summed E-state index contributed by atoms with van der Waals surface area (Å²) in [5.41, 5.74) is 8.09. The van der Waals surface area contributed by atoms with Gasteiger partial charge in [-0.25, -0.2) is 0 Å². The molecular weight excluding hydrogens is 330 g/mol. The molecule has 0 fully saturated rings. The molecule has 0 aliphatic rings. The van der Waals surface area contributed by atoms with Gasteiger partial charge in [-0.15, -0.1) is 0 Å². The molecule has 2 rings (SSSR count). The highest BCUT2D eigenvalue weighted by atomic mass is 32.1. The van der Waals surface area contributed by atoms with Crippen molar-refractivity contribution in [3.05, 3.63) is 59.2 Å². The highest BCUT2D eigenvalue weighted by molar-refractivity contribution is 7.80. The van der Waals surface area contributed by atoms with Crippen LogP contribution in [0.1, 0.15) is 37.0 Å². The molecule has 0 aromatic heterocycles. The number of nitrogens with zero attached hydrogens (tertiary/aromatic N) is 1. The van der Waals surface area contributed by atoms with E-state index in [4.69, 9.17) is 17.0 Å². The van der Waals surface area contributed by atoms with Gasteiger partial charge in [0, 0.05) is 5.69 Å². The van der Waals surface area contributed by atoms with Gasteiger partial charge in [0.15, 0.2) is 5.11 Å². The minimum Gasteiger partial charge on any atom is -0.494 e. The maximum Gasteiger partial charge on any atom is 0.191 e. The fraction of sp³-hybridized carbons (Fsp3) is 0.300. The summed E-state index contributed by atoms with van der Waals surface area (Å²) in [4.78, 5) is 0. The second-order valence-corrected chi connectivity index (χ2v) is 6.31. The molecular formula is C20H25N3OS. The van der Waals surface area contributed by atoms with Crippen LogP contribution in [0.4, 0.5) is 5.69 Å².